The van der Waals surface area contributed by atoms with Gasteiger partial charge in [-0.15, -0.1) is 11.3 Å². The van der Waals surface area contributed by atoms with Gasteiger partial charge in [0.05, 0.1) is 5.69 Å². The molecule has 0 saturated heterocycles. The molecule has 1 aromatic rings. The highest BCUT2D eigenvalue weighted by molar-refractivity contribution is 7.15. The number of thiazole rings is 1. The van der Waals surface area contributed by atoms with Gasteiger partial charge in [-0.2, -0.15) is 0 Å². The van der Waals surface area contributed by atoms with Gasteiger partial charge in [0.15, 0.2) is 5.13 Å². The van der Waals surface area contributed by atoms with Crippen LogP contribution in [-0.4, -0.2) is 18.1 Å². The Morgan fingerprint density at radius 1 is 1.10 bits per heavy atom. The number of anilines is 1. The summed E-state index contributed by atoms with van der Waals surface area (Å²) in [7, 11) is 0. The highest BCUT2D eigenvalue weighted by atomic mass is 32.1. The number of nitrogens with zero attached hydrogens (tertiary/aromatic N) is 2. The third-order valence-electron chi connectivity index (χ3n) is 3.42. The van der Waals surface area contributed by atoms with E-state index in [1.807, 2.05) is 0 Å². The zero-order valence-electron chi connectivity index (χ0n) is 13.9. The average Bonchev–Trinajstić information content (AvgIpc) is 2.80. The van der Waals surface area contributed by atoms with Crippen LogP contribution < -0.4 is 10.6 Å². The van der Waals surface area contributed by atoms with Crippen LogP contribution in [0.4, 0.5) is 5.13 Å². The predicted molar refractivity (Wildman–Crippen MR) is 90.6 cm³/mol. The monoisotopic (exact) mass is 297 g/mol. The van der Waals surface area contributed by atoms with Gasteiger partial charge in [0.25, 0.3) is 0 Å². The van der Waals surface area contributed by atoms with E-state index < -0.39 is 0 Å². The van der Waals surface area contributed by atoms with Crippen LogP contribution in [0.25, 0.3) is 0 Å². The van der Waals surface area contributed by atoms with Gasteiger partial charge >= 0.3 is 0 Å². The fraction of sp³-hybridized carbons (Fsp3) is 0.812. The summed E-state index contributed by atoms with van der Waals surface area (Å²) in [5, 5.41) is 1.16. The third kappa shape index (κ3) is 4.74. The van der Waals surface area contributed by atoms with Crippen molar-refractivity contribution in [2.24, 2.45) is 17.6 Å². The Labute approximate surface area is 128 Å². The molecule has 0 amide bonds. The van der Waals surface area contributed by atoms with E-state index in [1.165, 1.54) is 10.6 Å². The van der Waals surface area contributed by atoms with Crippen molar-refractivity contribution in [3.63, 3.8) is 0 Å². The summed E-state index contributed by atoms with van der Waals surface area (Å²) in [6.45, 7) is 16.2. The molecule has 1 heterocycles. The molecule has 1 unspecified atom stereocenters. The summed E-state index contributed by atoms with van der Waals surface area (Å²) < 4.78 is 0. The molecule has 0 aliphatic rings. The van der Waals surface area contributed by atoms with Gasteiger partial charge in [0.1, 0.15) is 0 Å². The Balaban J connectivity index is 3.03. The summed E-state index contributed by atoms with van der Waals surface area (Å²) >= 11 is 1.79. The highest BCUT2D eigenvalue weighted by Crippen LogP contribution is 2.32. The molecule has 20 heavy (non-hydrogen) atoms. The van der Waals surface area contributed by atoms with Crippen LogP contribution in [0.3, 0.4) is 0 Å². The summed E-state index contributed by atoms with van der Waals surface area (Å²) in [6, 6.07) is 0. The van der Waals surface area contributed by atoms with Crippen molar-refractivity contribution in [3.05, 3.63) is 10.6 Å². The second-order valence-corrected chi connectivity index (χ2v) is 7.57. The Morgan fingerprint density at radius 2 is 1.65 bits per heavy atom. The zero-order valence-corrected chi connectivity index (χ0v) is 14.8. The van der Waals surface area contributed by atoms with Gasteiger partial charge in [0, 0.05) is 24.5 Å². The van der Waals surface area contributed by atoms with Gasteiger partial charge < -0.3 is 10.6 Å². The van der Waals surface area contributed by atoms with E-state index in [2.05, 4.69) is 46.4 Å². The molecule has 0 bridgehead atoms. The molecule has 1 atom stereocenters. The highest BCUT2D eigenvalue weighted by Gasteiger charge is 2.20. The fourth-order valence-corrected chi connectivity index (χ4v) is 3.40. The van der Waals surface area contributed by atoms with Gasteiger partial charge in [-0.25, -0.2) is 4.98 Å². The molecule has 2 N–H and O–H groups in total. The zero-order chi connectivity index (χ0) is 15.3. The molecular weight excluding hydrogens is 266 g/mol. The number of hydrogen-bond donors (Lipinski definition) is 1. The Morgan fingerprint density at radius 3 is 2.05 bits per heavy atom. The summed E-state index contributed by atoms with van der Waals surface area (Å²) in [4.78, 5) is 8.61. The lowest BCUT2D eigenvalue weighted by Crippen LogP contribution is -2.31. The largest absolute Gasteiger partial charge is 0.348 e. The molecule has 3 nitrogen and oxygen atoms in total. The van der Waals surface area contributed by atoms with Crippen LogP contribution in [-0.2, 0) is 6.54 Å². The van der Waals surface area contributed by atoms with E-state index in [0.29, 0.717) is 24.3 Å². The maximum absolute atomic E-state index is 5.91. The number of hydrogen-bond acceptors (Lipinski definition) is 4. The van der Waals surface area contributed by atoms with E-state index in [1.54, 1.807) is 11.3 Å². The molecule has 0 aliphatic heterocycles. The summed E-state index contributed by atoms with van der Waals surface area (Å²) in [6.07, 6.45) is 1.12. The van der Waals surface area contributed by atoms with Crippen molar-refractivity contribution in [1.29, 1.82) is 0 Å². The first-order valence-corrected chi connectivity index (χ1v) is 8.65. The van der Waals surface area contributed by atoms with Gasteiger partial charge in [0.2, 0.25) is 0 Å². The first kappa shape index (κ1) is 17.4. The van der Waals surface area contributed by atoms with E-state index in [0.717, 1.165) is 24.6 Å². The molecule has 1 aromatic heterocycles. The lowest BCUT2D eigenvalue weighted by Gasteiger charge is -2.25. The molecule has 4 heteroatoms. The molecule has 0 aliphatic carbocycles. The minimum atomic E-state index is 0.499. The molecular formula is C16H31N3S. The third-order valence-corrected chi connectivity index (χ3v) is 4.58. The quantitative estimate of drug-likeness (QED) is 0.780. The van der Waals surface area contributed by atoms with E-state index in [9.17, 15) is 0 Å². The van der Waals surface area contributed by atoms with Crippen molar-refractivity contribution in [2.75, 3.05) is 18.0 Å². The maximum atomic E-state index is 5.91. The SMILES string of the molecule is CCC(C)c1nc(N(CC(C)C)CC(C)C)sc1CN. The van der Waals surface area contributed by atoms with Gasteiger partial charge in [-0.3, -0.25) is 0 Å². The molecule has 116 valence electrons. The Kier molecular flexibility index (Phi) is 6.96. The van der Waals surface area contributed by atoms with Crippen molar-refractivity contribution >= 4 is 16.5 Å². The first-order valence-electron chi connectivity index (χ1n) is 7.83. The Bertz CT molecular complexity index is 388. The minimum absolute atomic E-state index is 0.499. The minimum Gasteiger partial charge on any atom is -0.348 e. The Hall–Kier alpha value is -0.610. The molecule has 0 aromatic carbocycles. The smallest absolute Gasteiger partial charge is 0.185 e. The molecule has 0 saturated carbocycles. The van der Waals surface area contributed by atoms with Crippen LogP contribution in [0, 0.1) is 11.8 Å². The van der Waals surface area contributed by atoms with Crippen LogP contribution in [0.2, 0.25) is 0 Å². The van der Waals surface area contributed by atoms with Crippen LogP contribution in [0.15, 0.2) is 0 Å². The standard InChI is InChI=1S/C16H31N3S/c1-7-13(6)15-14(8-17)20-16(18-15)19(9-11(2)3)10-12(4)5/h11-13H,7-10,17H2,1-6H3. The number of nitrogens with two attached hydrogens (primary N) is 1. The van der Waals surface area contributed by atoms with Crippen molar-refractivity contribution in [1.82, 2.24) is 4.98 Å². The van der Waals surface area contributed by atoms with Crippen LogP contribution in [0.5, 0.6) is 0 Å². The maximum Gasteiger partial charge on any atom is 0.185 e. The van der Waals surface area contributed by atoms with E-state index >= 15 is 0 Å². The van der Waals surface area contributed by atoms with E-state index in [-0.39, 0.29) is 0 Å². The molecule has 1 rings (SSSR count). The van der Waals surface area contributed by atoms with Gasteiger partial charge in [-0.05, 0) is 24.2 Å². The average molecular weight is 298 g/mol. The summed E-state index contributed by atoms with van der Waals surface area (Å²) in [5.41, 5.74) is 7.13. The van der Waals surface area contributed by atoms with Gasteiger partial charge in [-0.1, -0.05) is 41.5 Å². The van der Waals surface area contributed by atoms with E-state index in [4.69, 9.17) is 10.7 Å². The first-order chi connectivity index (χ1) is 9.38. The fourth-order valence-electron chi connectivity index (χ4n) is 2.32. The summed E-state index contributed by atoms with van der Waals surface area (Å²) in [5.74, 6) is 1.79. The van der Waals surface area contributed by atoms with Crippen molar-refractivity contribution in [3.8, 4) is 0 Å². The van der Waals surface area contributed by atoms with Crippen molar-refractivity contribution < 1.29 is 0 Å². The second-order valence-electron chi connectivity index (χ2n) is 6.51. The number of aromatic nitrogens is 1. The van der Waals surface area contributed by atoms with Crippen molar-refractivity contribution in [2.45, 2.75) is 60.4 Å². The normalized spacial score (nSPS) is 13.2. The topological polar surface area (TPSA) is 42.2 Å². The second kappa shape index (κ2) is 7.99. The van der Waals surface area contributed by atoms with Crippen LogP contribution in [0.1, 0.15) is 64.5 Å². The van der Waals surface area contributed by atoms with Crippen LogP contribution >= 0.6 is 11.3 Å². The molecule has 0 fully saturated rings. The number of rotatable bonds is 8. The predicted octanol–water partition coefficient (Wildman–Crippen LogP) is 4.23. The molecule has 0 radical (unpaired) electrons. The lowest BCUT2D eigenvalue weighted by molar-refractivity contribution is 0.551. The molecule has 0 spiro atoms. The lowest BCUT2D eigenvalue weighted by atomic mass is 10.0.